The second-order valence-corrected chi connectivity index (χ2v) is 12.0. The Balaban J connectivity index is 1.79. The first-order chi connectivity index (χ1) is 18.9. The van der Waals surface area contributed by atoms with Crippen molar-refractivity contribution in [3.8, 4) is 0 Å². The van der Waals surface area contributed by atoms with Crippen molar-refractivity contribution < 1.29 is 23.9 Å². The summed E-state index contributed by atoms with van der Waals surface area (Å²) in [5, 5.41) is 9.23. The van der Waals surface area contributed by atoms with Gasteiger partial charge in [0.15, 0.2) is 0 Å². The van der Waals surface area contributed by atoms with Crippen LogP contribution in [0.4, 0.5) is 4.79 Å². The third-order valence-corrected chi connectivity index (χ3v) is 7.62. The molecule has 1 unspecified atom stereocenters. The molecule has 1 fully saturated rings. The Morgan fingerprint density at radius 2 is 1.80 bits per heavy atom. The van der Waals surface area contributed by atoms with Gasteiger partial charge in [0, 0.05) is 27.9 Å². The molecule has 2 aromatic rings. The molecule has 0 aromatic heterocycles. The summed E-state index contributed by atoms with van der Waals surface area (Å²) >= 11 is 12.4. The summed E-state index contributed by atoms with van der Waals surface area (Å²) in [6.45, 7) is 8.28. The monoisotopic (exact) mass is 589 g/mol. The van der Waals surface area contributed by atoms with E-state index < -0.39 is 35.6 Å². The van der Waals surface area contributed by atoms with Gasteiger partial charge in [-0.05, 0) is 60.6 Å². The fourth-order valence-corrected chi connectivity index (χ4v) is 5.22. The zero-order valence-corrected chi connectivity index (χ0v) is 24.7. The first kappa shape index (κ1) is 31.4. The van der Waals surface area contributed by atoms with E-state index in [-0.39, 0.29) is 24.2 Å². The van der Waals surface area contributed by atoms with Crippen LogP contribution >= 0.6 is 23.2 Å². The molecule has 0 spiro atoms. The van der Waals surface area contributed by atoms with Crippen molar-refractivity contribution in [2.24, 2.45) is 11.8 Å². The number of halogens is 2. The van der Waals surface area contributed by atoms with Crippen molar-refractivity contribution in [3.05, 3.63) is 69.7 Å². The minimum absolute atomic E-state index is 0.0568. The molecule has 1 heterocycles. The lowest BCUT2D eigenvalue weighted by molar-refractivity contribution is -0.127. The van der Waals surface area contributed by atoms with Gasteiger partial charge in [-0.15, -0.1) is 0 Å². The molecule has 0 bridgehead atoms. The average Bonchev–Trinajstić information content (AvgIpc) is 3.30. The molecule has 0 radical (unpaired) electrons. The normalized spacial score (nSPS) is 17.5. The molecule has 216 valence electrons. The second kappa shape index (κ2) is 14.0. The van der Waals surface area contributed by atoms with Gasteiger partial charge in [0.05, 0.1) is 6.04 Å². The van der Waals surface area contributed by atoms with Crippen LogP contribution in [0.5, 0.6) is 0 Å². The molecule has 40 heavy (non-hydrogen) atoms. The second-order valence-electron chi connectivity index (χ2n) is 11.2. The van der Waals surface area contributed by atoms with Gasteiger partial charge >= 0.3 is 6.09 Å². The van der Waals surface area contributed by atoms with Gasteiger partial charge in [0.2, 0.25) is 11.8 Å². The van der Waals surface area contributed by atoms with E-state index in [0.29, 0.717) is 41.3 Å². The number of rotatable bonds is 12. The highest BCUT2D eigenvalue weighted by molar-refractivity contribution is 6.30. The fraction of sp³-hybridized carbons (Fsp3) is 0.467. The molecule has 4 atom stereocenters. The van der Waals surface area contributed by atoms with E-state index in [2.05, 4.69) is 16.0 Å². The summed E-state index contributed by atoms with van der Waals surface area (Å²) in [5.74, 6) is -0.928. The maximum Gasteiger partial charge on any atom is 0.408 e. The van der Waals surface area contributed by atoms with Crippen molar-refractivity contribution in [2.75, 3.05) is 6.54 Å². The zero-order valence-electron chi connectivity index (χ0n) is 23.2. The number of benzene rings is 2. The van der Waals surface area contributed by atoms with E-state index in [9.17, 15) is 19.2 Å². The number of aldehydes is 1. The molecule has 1 aliphatic rings. The molecule has 8 nitrogen and oxygen atoms in total. The average molecular weight is 591 g/mol. The molecule has 2 aromatic carbocycles. The van der Waals surface area contributed by atoms with Crippen molar-refractivity contribution in [1.29, 1.82) is 0 Å². The Morgan fingerprint density at radius 3 is 2.38 bits per heavy atom. The van der Waals surface area contributed by atoms with Crippen LogP contribution < -0.4 is 16.0 Å². The SMILES string of the molecule is CC(C)C[C@H](NC(=O)OC(c1ccc(Cl)cc1)C(C)(C)c1cccc(Cl)c1)C(=O)N[C@H](C=O)C[C@@H]1CCNC1=O. The summed E-state index contributed by atoms with van der Waals surface area (Å²) in [5.41, 5.74) is 0.857. The van der Waals surface area contributed by atoms with Crippen molar-refractivity contribution in [2.45, 2.75) is 70.6 Å². The van der Waals surface area contributed by atoms with Crippen molar-refractivity contribution in [3.63, 3.8) is 0 Å². The van der Waals surface area contributed by atoms with Crippen LogP contribution in [0.1, 0.15) is 64.2 Å². The predicted molar refractivity (Wildman–Crippen MR) is 155 cm³/mol. The fourth-order valence-electron chi connectivity index (χ4n) is 4.90. The number of ether oxygens (including phenoxy) is 1. The molecule has 3 N–H and O–H groups in total. The maximum atomic E-state index is 13.3. The lowest BCUT2D eigenvalue weighted by Gasteiger charge is -2.35. The molecular weight excluding hydrogens is 553 g/mol. The van der Waals surface area contributed by atoms with Gasteiger partial charge in [-0.3, -0.25) is 9.59 Å². The van der Waals surface area contributed by atoms with Gasteiger partial charge in [-0.1, -0.05) is 75.2 Å². The van der Waals surface area contributed by atoms with E-state index in [0.717, 1.165) is 5.56 Å². The van der Waals surface area contributed by atoms with Crippen LogP contribution in [0.3, 0.4) is 0 Å². The largest absolute Gasteiger partial charge is 0.440 e. The van der Waals surface area contributed by atoms with Gasteiger partial charge in [-0.2, -0.15) is 0 Å². The molecule has 0 saturated carbocycles. The number of carbonyl (C=O) groups excluding carboxylic acids is 4. The number of amides is 3. The number of nitrogens with one attached hydrogen (secondary N) is 3. The molecule has 10 heteroatoms. The van der Waals surface area contributed by atoms with E-state index in [1.54, 1.807) is 30.3 Å². The Morgan fingerprint density at radius 1 is 1.10 bits per heavy atom. The standard InChI is InChI=1S/C30H37Cl2N3O5/c1-18(2)14-25(28(38)34-24(17-36)15-20-12-13-33-27(20)37)35-29(39)40-26(19-8-10-22(31)11-9-19)30(3,4)21-6-5-7-23(32)16-21/h5-11,16-18,20,24-26H,12-15H2,1-4H3,(H,33,37)(H,34,38)(H,35,39)/t20-,24-,25-,26?/m0/s1. The maximum absolute atomic E-state index is 13.3. The number of hydrogen-bond acceptors (Lipinski definition) is 5. The van der Waals surface area contributed by atoms with Crippen LogP contribution in [-0.4, -0.2) is 42.8 Å². The minimum Gasteiger partial charge on any atom is -0.440 e. The Labute approximate surface area is 245 Å². The van der Waals surface area contributed by atoms with Gasteiger partial charge < -0.3 is 25.5 Å². The van der Waals surface area contributed by atoms with E-state index in [1.807, 2.05) is 45.9 Å². The van der Waals surface area contributed by atoms with Gasteiger partial charge in [-0.25, -0.2) is 4.79 Å². The predicted octanol–water partition coefficient (Wildman–Crippen LogP) is 5.36. The van der Waals surface area contributed by atoms with E-state index in [4.69, 9.17) is 27.9 Å². The Kier molecular flexibility index (Phi) is 11.0. The van der Waals surface area contributed by atoms with Gasteiger partial charge in [0.1, 0.15) is 18.4 Å². The summed E-state index contributed by atoms with van der Waals surface area (Å²) in [6.07, 6.45) is 0.209. The highest BCUT2D eigenvalue weighted by Crippen LogP contribution is 2.40. The summed E-state index contributed by atoms with van der Waals surface area (Å²) in [4.78, 5) is 50.2. The summed E-state index contributed by atoms with van der Waals surface area (Å²) < 4.78 is 6.01. The molecule has 3 amide bonds. The third-order valence-electron chi connectivity index (χ3n) is 7.13. The highest BCUT2D eigenvalue weighted by atomic mass is 35.5. The van der Waals surface area contributed by atoms with E-state index >= 15 is 0 Å². The number of hydrogen-bond donors (Lipinski definition) is 3. The highest BCUT2D eigenvalue weighted by Gasteiger charge is 2.37. The Bertz CT molecular complexity index is 1200. The molecule has 3 rings (SSSR count). The van der Waals surface area contributed by atoms with Crippen molar-refractivity contribution >= 4 is 47.4 Å². The van der Waals surface area contributed by atoms with Crippen LogP contribution in [0.15, 0.2) is 48.5 Å². The molecule has 0 aliphatic carbocycles. The topological polar surface area (TPSA) is 114 Å². The quantitative estimate of drug-likeness (QED) is 0.288. The zero-order chi connectivity index (χ0) is 29.4. The van der Waals surface area contributed by atoms with Crippen LogP contribution in [0.2, 0.25) is 10.0 Å². The van der Waals surface area contributed by atoms with Gasteiger partial charge in [0.25, 0.3) is 0 Å². The van der Waals surface area contributed by atoms with Crippen molar-refractivity contribution in [1.82, 2.24) is 16.0 Å². The van der Waals surface area contributed by atoms with Crippen LogP contribution in [0.25, 0.3) is 0 Å². The number of carbonyl (C=O) groups is 4. The molecular formula is C30H37Cl2N3O5. The molecule has 1 aliphatic heterocycles. The van der Waals surface area contributed by atoms with E-state index in [1.165, 1.54) is 0 Å². The third kappa shape index (κ3) is 8.45. The first-order valence-corrected chi connectivity index (χ1v) is 14.2. The summed E-state index contributed by atoms with van der Waals surface area (Å²) in [7, 11) is 0. The summed E-state index contributed by atoms with van der Waals surface area (Å²) in [6, 6.07) is 12.6. The van der Waals surface area contributed by atoms with Crippen LogP contribution in [-0.2, 0) is 24.5 Å². The minimum atomic E-state index is -0.951. The van der Waals surface area contributed by atoms with Crippen LogP contribution in [0, 0.1) is 11.8 Å². The number of alkyl carbamates (subject to hydrolysis) is 1. The first-order valence-electron chi connectivity index (χ1n) is 13.4. The lowest BCUT2D eigenvalue weighted by atomic mass is 9.76. The lowest BCUT2D eigenvalue weighted by Crippen LogP contribution is -2.51. The smallest absolute Gasteiger partial charge is 0.408 e. The molecule has 1 saturated heterocycles. The Hall–Kier alpha value is -3.10.